The number of methoxy groups -OCH3 is 1. The predicted molar refractivity (Wildman–Crippen MR) is 107 cm³/mol. The molecule has 0 atom stereocenters. The van der Waals surface area contributed by atoms with E-state index in [4.69, 9.17) is 4.74 Å². The molecule has 1 aliphatic heterocycles. The van der Waals surface area contributed by atoms with Crippen LogP contribution in [0.1, 0.15) is 29.6 Å². The van der Waals surface area contributed by atoms with E-state index in [-0.39, 0.29) is 27.6 Å². The number of piperidine rings is 1. The first kappa shape index (κ1) is 20.7. The van der Waals surface area contributed by atoms with Crippen molar-refractivity contribution in [1.29, 1.82) is 0 Å². The fourth-order valence-corrected chi connectivity index (χ4v) is 4.92. The number of sulfonamides is 1. The van der Waals surface area contributed by atoms with Gasteiger partial charge in [0.1, 0.15) is 16.2 Å². The number of benzene rings is 2. The van der Waals surface area contributed by atoms with Gasteiger partial charge in [-0.15, -0.1) is 0 Å². The van der Waals surface area contributed by atoms with E-state index in [9.17, 15) is 23.3 Å². The first-order chi connectivity index (χ1) is 13.8. The van der Waals surface area contributed by atoms with E-state index in [1.807, 2.05) is 0 Å². The quantitative estimate of drug-likeness (QED) is 0.568. The fourth-order valence-electron chi connectivity index (χ4n) is 3.22. The smallest absolute Gasteiger partial charge is 0.282 e. The standard InChI is InChI=1S/C19H21N3O6S/c1-28-17-10-9-14(13-18(17)29(26,27)21-11-5-2-6-12-21)20-19(23)15-7-3-4-8-16(15)22(24)25/h3-4,7-10,13H,2,5-6,11-12H2,1H3,(H,20,23). The van der Waals surface area contributed by atoms with Crippen LogP contribution in [0.3, 0.4) is 0 Å². The number of nitrogens with one attached hydrogen (secondary N) is 1. The van der Waals surface area contributed by atoms with Crippen molar-refractivity contribution in [3.8, 4) is 5.75 Å². The average molecular weight is 419 g/mol. The lowest BCUT2D eigenvalue weighted by atomic mass is 10.1. The zero-order valence-electron chi connectivity index (χ0n) is 15.8. The van der Waals surface area contributed by atoms with Crippen molar-refractivity contribution >= 4 is 27.3 Å². The summed E-state index contributed by atoms with van der Waals surface area (Å²) < 4.78 is 32.7. The molecular weight excluding hydrogens is 398 g/mol. The molecule has 1 amide bonds. The topological polar surface area (TPSA) is 119 Å². The van der Waals surface area contributed by atoms with Crippen molar-refractivity contribution in [3.05, 3.63) is 58.1 Å². The lowest BCUT2D eigenvalue weighted by molar-refractivity contribution is -0.385. The fraction of sp³-hybridized carbons (Fsp3) is 0.316. The van der Waals surface area contributed by atoms with Crippen LogP contribution < -0.4 is 10.1 Å². The SMILES string of the molecule is COc1ccc(NC(=O)c2ccccc2[N+](=O)[O-])cc1S(=O)(=O)N1CCCCC1. The second-order valence-electron chi connectivity index (χ2n) is 6.56. The Bertz CT molecular complexity index is 1030. The number of nitro groups is 1. The zero-order chi connectivity index (χ0) is 21.0. The third-order valence-electron chi connectivity index (χ3n) is 4.70. The maximum Gasteiger partial charge on any atom is 0.282 e. The van der Waals surface area contributed by atoms with Gasteiger partial charge in [0.05, 0.1) is 12.0 Å². The van der Waals surface area contributed by atoms with Crippen molar-refractivity contribution in [2.24, 2.45) is 0 Å². The van der Waals surface area contributed by atoms with Crippen LogP contribution in [0, 0.1) is 10.1 Å². The first-order valence-electron chi connectivity index (χ1n) is 9.07. The third-order valence-corrected chi connectivity index (χ3v) is 6.62. The molecule has 1 fully saturated rings. The van der Waals surface area contributed by atoms with Gasteiger partial charge in [-0.1, -0.05) is 18.6 Å². The molecule has 1 saturated heterocycles. The van der Waals surface area contributed by atoms with Gasteiger partial charge >= 0.3 is 0 Å². The van der Waals surface area contributed by atoms with Gasteiger partial charge in [-0.25, -0.2) is 8.42 Å². The lowest BCUT2D eigenvalue weighted by Gasteiger charge is -2.26. The van der Waals surface area contributed by atoms with Crippen LogP contribution in [-0.4, -0.2) is 43.8 Å². The molecule has 3 rings (SSSR count). The second-order valence-corrected chi connectivity index (χ2v) is 8.47. The number of ether oxygens (including phenoxy) is 1. The van der Waals surface area contributed by atoms with E-state index in [1.54, 1.807) is 0 Å². The molecule has 0 saturated carbocycles. The average Bonchev–Trinajstić information content (AvgIpc) is 2.74. The zero-order valence-corrected chi connectivity index (χ0v) is 16.6. The molecule has 0 unspecified atom stereocenters. The molecule has 0 bridgehead atoms. The number of carbonyl (C=O) groups excluding carboxylic acids is 1. The molecule has 9 nitrogen and oxygen atoms in total. The highest BCUT2D eigenvalue weighted by Gasteiger charge is 2.29. The largest absolute Gasteiger partial charge is 0.495 e. The number of nitrogens with zero attached hydrogens (tertiary/aromatic N) is 2. The summed E-state index contributed by atoms with van der Waals surface area (Å²) >= 11 is 0. The van der Waals surface area contributed by atoms with Crippen LogP contribution in [0.5, 0.6) is 5.75 Å². The summed E-state index contributed by atoms with van der Waals surface area (Å²) in [6.45, 7) is 0.858. The molecule has 0 radical (unpaired) electrons. The Balaban J connectivity index is 1.93. The minimum atomic E-state index is -3.80. The van der Waals surface area contributed by atoms with Crippen molar-refractivity contribution in [3.63, 3.8) is 0 Å². The Morgan fingerprint density at radius 3 is 2.48 bits per heavy atom. The van der Waals surface area contributed by atoms with Crippen molar-refractivity contribution < 1.29 is 22.9 Å². The van der Waals surface area contributed by atoms with Gasteiger partial charge < -0.3 is 10.1 Å². The van der Waals surface area contributed by atoms with E-state index in [1.165, 1.54) is 53.9 Å². The van der Waals surface area contributed by atoms with E-state index >= 15 is 0 Å². The molecule has 0 spiro atoms. The third kappa shape index (κ3) is 4.38. The summed E-state index contributed by atoms with van der Waals surface area (Å²) in [5, 5.41) is 13.7. The van der Waals surface area contributed by atoms with Crippen LogP contribution in [0.15, 0.2) is 47.4 Å². The van der Waals surface area contributed by atoms with Crippen molar-refractivity contribution in [2.75, 3.05) is 25.5 Å². The van der Waals surface area contributed by atoms with E-state index in [0.29, 0.717) is 13.1 Å². The summed E-state index contributed by atoms with van der Waals surface area (Å²) in [6, 6.07) is 9.80. The number of nitro benzene ring substituents is 1. The Morgan fingerprint density at radius 1 is 1.14 bits per heavy atom. The Hall–Kier alpha value is -2.98. The summed E-state index contributed by atoms with van der Waals surface area (Å²) in [6.07, 6.45) is 2.56. The molecular formula is C19H21N3O6S. The molecule has 154 valence electrons. The summed E-state index contributed by atoms with van der Waals surface area (Å²) in [5.41, 5.74) is -0.252. The second kappa shape index (κ2) is 8.58. The number of anilines is 1. The molecule has 0 aromatic heterocycles. The lowest BCUT2D eigenvalue weighted by Crippen LogP contribution is -2.35. The van der Waals surface area contributed by atoms with Crippen LogP contribution in [0.25, 0.3) is 0 Å². The number of carbonyl (C=O) groups is 1. The highest BCUT2D eigenvalue weighted by Crippen LogP contribution is 2.31. The molecule has 29 heavy (non-hydrogen) atoms. The summed E-state index contributed by atoms with van der Waals surface area (Å²) in [5.74, 6) is -0.539. The van der Waals surface area contributed by atoms with Crippen molar-refractivity contribution in [2.45, 2.75) is 24.2 Å². The molecule has 1 aliphatic rings. The Kier molecular flexibility index (Phi) is 6.14. The van der Waals surface area contributed by atoms with E-state index in [0.717, 1.165) is 19.3 Å². The van der Waals surface area contributed by atoms with Gasteiger partial charge in [-0.3, -0.25) is 14.9 Å². The van der Waals surface area contributed by atoms with Crippen molar-refractivity contribution in [1.82, 2.24) is 4.31 Å². The maximum atomic E-state index is 13.1. The highest BCUT2D eigenvalue weighted by atomic mass is 32.2. The first-order valence-corrected chi connectivity index (χ1v) is 10.5. The molecule has 1 heterocycles. The normalized spacial score (nSPS) is 14.9. The molecule has 1 N–H and O–H groups in total. The predicted octanol–water partition coefficient (Wildman–Crippen LogP) is 3.03. The molecule has 10 heteroatoms. The number of hydrogen-bond acceptors (Lipinski definition) is 6. The monoisotopic (exact) mass is 419 g/mol. The number of rotatable bonds is 6. The van der Waals surface area contributed by atoms with Gasteiger partial charge in [0.2, 0.25) is 10.0 Å². The van der Waals surface area contributed by atoms with Crippen LogP contribution in [0.4, 0.5) is 11.4 Å². The van der Waals surface area contributed by atoms with Crippen LogP contribution >= 0.6 is 0 Å². The number of amides is 1. The van der Waals surface area contributed by atoms with Crippen LogP contribution in [0.2, 0.25) is 0 Å². The van der Waals surface area contributed by atoms with Gasteiger partial charge in [-0.2, -0.15) is 4.31 Å². The van der Waals surface area contributed by atoms with E-state index < -0.39 is 20.9 Å². The number of hydrogen-bond donors (Lipinski definition) is 1. The minimum Gasteiger partial charge on any atom is -0.495 e. The summed E-state index contributed by atoms with van der Waals surface area (Å²) in [7, 11) is -2.43. The minimum absolute atomic E-state index is 0.0535. The van der Waals surface area contributed by atoms with Gasteiger partial charge in [0.15, 0.2) is 0 Å². The van der Waals surface area contributed by atoms with Gasteiger partial charge in [-0.05, 0) is 37.1 Å². The van der Waals surface area contributed by atoms with E-state index in [2.05, 4.69) is 5.32 Å². The van der Waals surface area contributed by atoms with Gasteiger partial charge in [0.25, 0.3) is 11.6 Å². The number of para-hydroxylation sites is 1. The highest BCUT2D eigenvalue weighted by molar-refractivity contribution is 7.89. The van der Waals surface area contributed by atoms with Crippen LogP contribution in [-0.2, 0) is 10.0 Å². The molecule has 0 aliphatic carbocycles. The van der Waals surface area contributed by atoms with Gasteiger partial charge in [0, 0.05) is 24.8 Å². The molecule has 2 aromatic rings. The molecule has 2 aromatic carbocycles. The maximum absolute atomic E-state index is 13.1. The Morgan fingerprint density at radius 2 is 1.83 bits per heavy atom. The Labute approximate surface area is 168 Å². The summed E-state index contributed by atoms with van der Waals surface area (Å²) in [4.78, 5) is 23.0.